The maximum absolute atomic E-state index is 13.1. The first-order valence-electron chi connectivity index (χ1n) is 6.05. The zero-order valence-electron chi connectivity index (χ0n) is 10.2. The molecule has 0 N–H and O–H groups in total. The van der Waals surface area contributed by atoms with Gasteiger partial charge in [-0.1, -0.05) is 18.2 Å². The van der Waals surface area contributed by atoms with Gasteiger partial charge in [-0.3, -0.25) is 4.79 Å². The minimum Gasteiger partial charge on any atom is -0.294 e. The first-order chi connectivity index (χ1) is 8.39. The Kier molecular flexibility index (Phi) is 3.85. The average molecular weight is 317 g/mol. The number of Topliss-reactive ketones (excluding diaryl/α,β-unsaturated/α-hetero) is 1. The van der Waals surface area contributed by atoms with Gasteiger partial charge in [-0.15, -0.1) is 0 Å². The molecule has 0 aromatic heterocycles. The number of ketones is 1. The van der Waals surface area contributed by atoms with Crippen molar-refractivity contribution in [3.8, 4) is 0 Å². The molecule has 1 aromatic carbocycles. The predicted molar refractivity (Wildman–Crippen MR) is 70.1 cm³/mol. The summed E-state index contributed by atoms with van der Waals surface area (Å²) in [5.41, 5.74) is 1.59. The van der Waals surface area contributed by atoms with Crippen LogP contribution in [0.4, 0.5) is 8.78 Å². The highest BCUT2D eigenvalue weighted by molar-refractivity contribution is 9.10. The maximum atomic E-state index is 13.1. The monoisotopic (exact) mass is 316 g/mol. The highest BCUT2D eigenvalue weighted by Crippen LogP contribution is 2.41. The molecule has 2 rings (SSSR count). The van der Waals surface area contributed by atoms with E-state index >= 15 is 0 Å². The van der Waals surface area contributed by atoms with Gasteiger partial charge in [0, 0.05) is 29.3 Å². The van der Waals surface area contributed by atoms with E-state index in [0.29, 0.717) is 12.0 Å². The number of halogens is 3. The summed E-state index contributed by atoms with van der Waals surface area (Å²) in [5.74, 6) is -2.80. The molecule has 98 valence electrons. The Hall–Kier alpha value is -0.770. The second kappa shape index (κ2) is 5.08. The molecule has 0 aliphatic heterocycles. The summed E-state index contributed by atoms with van der Waals surface area (Å²) in [4.78, 5) is 12.1. The second-order valence-electron chi connectivity index (χ2n) is 5.03. The summed E-state index contributed by atoms with van der Waals surface area (Å²) in [6, 6.07) is 5.47. The highest BCUT2D eigenvalue weighted by atomic mass is 79.9. The van der Waals surface area contributed by atoms with Crippen molar-refractivity contribution in [3.05, 3.63) is 33.8 Å². The highest BCUT2D eigenvalue weighted by Gasteiger charge is 2.40. The Morgan fingerprint density at radius 1 is 1.50 bits per heavy atom. The quantitative estimate of drug-likeness (QED) is 0.734. The zero-order valence-corrected chi connectivity index (χ0v) is 11.8. The number of hydrogen-bond acceptors (Lipinski definition) is 1. The van der Waals surface area contributed by atoms with Gasteiger partial charge < -0.3 is 0 Å². The molecular formula is C14H15BrF2O. The fraction of sp³-hybridized carbons (Fsp3) is 0.500. The van der Waals surface area contributed by atoms with E-state index in [0.717, 1.165) is 10.0 Å². The molecule has 1 aromatic rings. The molecule has 4 heteroatoms. The van der Waals surface area contributed by atoms with Crippen LogP contribution in [-0.4, -0.2) is 11.7 Å². The minimum atomic E-state index is -2.57. The first kappa shape index (κ1) is 13.7. The third-order valence-corrected chi connectivity index (χ3v) is 4.52. The van der Waals surface area contributed by atoms with Crippen molar-refractivity contribution in [2.75, 3.05) is 0 Å². The smallest absolute Gasteiger partial charge is 0.248 e. The van der Waals surface area contributed by atoms with Gasteiger partial charge in [-0.2, -0.15) is 0 Å². The number of benzene rings is 1. The molecular weight excluding hydrogens is 302 g/mol. The van der Waals surface area contributed by atoms with E-state index in [-0.39, 0.29) is 31.0 Å². The SMILES string of the molecule is Cc1cccc(C(=O)CC2CCC(F)(F)C2)c1Br. The van der Waals surface area contributed by atoms with Gasteiger partial charge in [0.05, 0.1) is 0 Å². The van der Waals surface area contributed by atoms with Gasteiger partial charge in [-0.05, 0) is 40.8 Å². The molecule has 1 fully saturated rings. The Labute approximate surface area is 114 Å². The van der Waals surface area contributed by atoms with Gasteiger partial charge >= 0.3 is 0 Å². The molecule has 1 saturated carbocycles. The lowest BCUT2D eigenvalue weighted by molar-refractivity contribution is 0.00497. The van der Waals surface area contributed by atoms with Crippen molar-refractivity contribution in [3.63, 3.8) is 0 Å². The molecule has 0 radical (unpaired) electrons. The third kappa shape index (κ3) is 2.97. The van der Waals surface area contributed by atoms with Gasteiger partial charge in [-0.25, -0.2) is 8.78 Å². The number of hydrogen-bond donors (Lipinski definition) is 0. The van der Waals surface area contributed by atoms with Crippen LogP contribution >= 0.6 is 15.9 Å². The summed E-state index contributed by atoms with van der Waals surface area (Å²) < 4.78 is 26.9. The maximum Gasteiger partial charge on any atom is 0.248 e. The number of rotatable bonds is 3. The lowest BCUT2D eigenvalue weighted by atomic mass is 9.96. The Morgan fingerprint density at radius 3 is 2.83 bits per heavy atom. The number of carbonyl (C=O) groups is 1. The first-order valence-corrected chi connectivity index (χ1v) is 6.84. The summed E-state index contributed by atoms with van der Waals surface area (Å²) >= 11 is 3.38. The van der Waals surface area contributed by atoms with Gasteiger partial charge in [0.2, 0.25) is 5.92 Å². The molecule has 1 nitrogen and oxygen atoms in total. The number of alkyl halides is 2. The largest absolute Gasteiger partial charge is 0.294 e. The van der Waals surface area contributed by atoms with Crippen LogP contribution < -0.4 is 0 Å². The van der Waals surface area contributed by atoms with Crippen molar-refractivity contribution in [1.82, 2.24) is 0 Å². The second-order valence-corrected chi connectivity index (χ2v) is 5.82. The van der Waals surface area contributed by atoms with Crippen molar-refractivity contribution < 1.29 is 13.6 Å². The normalized spacial score (nSPS) is 22.1. The van der Waals surface area contributed by atoms with Gasteiger partial charge in [0.1, 0.15) is 0 Å². The van der Waals surface area contributed by atoms with Crippen LogP contribution in [0.5, 0.6) is 0 Å². The Morgan fingerprint density at radius 2 is 2.22 bits per heavy atom. The zero-order chi connectivity index (χ0) is 13.3. The Bertz CT molecular complexity index is 471. The van der Waals surface area contributed by atoms with Crippen LogP contribution in [-0.2, 0) is 0 Å². The van der Waals surface area contributed by atoms with Crippen molar-refractivity contribution in [2.45, 2.75) is 38.5 Å². The van der Waals surface area contributed by atoms with Crippen molar-refractivity contribution in [1.29, 1.82) is 0 Å². The number of aryl methyl sites for hydroxylation is 1. The fourth-order valence-corrected chi connectivity index (χ4v) is 2.94. The van der Waals surface area contributed by atoms with E-state index in [1.807, 2.05) is 19.1 Å². The molecule has 1 atom stereocenters. The summed E-state index contributed by atoms with van der Waals surface area (Å²) in [6.45, 7) is 1.91. The molecule has 0 spiro atoms. The van der Waals surface area contributed by atoms with Crippen LogP contribution in [0.15, 0.2) is 22.7 Å². The van der Waals surface area contributed by atoms with Crippen LogP contribution in [0.2, 0.25) is 0 Å². The van der Waals surface area contributed by atoms with E-state index in [4.69, 9.17) is 0 Å². The molecule has 0 amide bonds. The third-order valence-electron chi connectivity index (χ3n) is 3.47. The lowest BCUT2D eigenvalue weighted by Crippen LogP contribution is -2.12. The summed E-state index contributed by atoms with van der Waals surface area (Å²) in [6.07, 6.45) is 0.432. The molecule has 0 bridgehead atoms. The molecule has 1 unspecified atom stereocenters. The van der Waals surface area contributed by atoms with Crippen LogP contribution in [0.1, 0.15) is 41.6 Å². The summed E-state index contributed by atoms with van der Waals surface area (Å²) in [7, 11) is 0. The lowest BCUT2D eigenvalue weighted by Gasteiger charge is -2.11. The topological polar surface area (TPSA) is 17.1 Å². The molecule has 0 saturated heterocycles. The van der Waals surface area contributed by atoms with Gasteiger partial charge in [0.15, 0.2) is 5.78 Å². The average Bonchev–Trinajstić information content (AvgIpc) is 2.62. The van der Waals surface area contributed by atoms with E-state index in [1.54, 1.807) is 6.07 Å². The number of carbonyl (C=O) groups excluding carboxylic acids is 1. The minimum absolute atomic E-state index is 0.0479. The van der Waals surface area contributed by atoms with E-state index in [2.05, 4.69) is 15.9 Å². The predicted octanol–water partition coefficient (Wildman–Crippen LogP) is 4.77. The fourth-order valence-electron chi connectivity index (χ4n) is 2.45. The van der Waals surface area contributed by atoms with E-state index < -0.39 is 5.92 Å². The van der Waals surface area contributed by atoms with Crippen molar-refractivity contribution in [2.24, 2.45) is 5.92 Å². The van der Waals surface area contributed by atoms with E-state index in [9.17, 15) is 13.6 Å². The van der Waals surface area contributed by atoms with Crippen LogP contribution in [0.3, 0.4) is 0 Å². The van der Waals surface area contributed by atoms with Crippen molar-refractivity contribution >= 4 is 21.7 Å². The van der Waals surface area contributed by atoms with Gasteiger partial charge in [0.25, 0.3) is 0 Å². The molecule has 1 aliphatic rings. The van der Waals surface area contributed by atoms with Crippen LogP contribution in [0.25, 0.3) is 0 Å². The Balaban J connectivity index is 2.07. The standard InChI is InChI=1S/C14H15BrF2O/c1-9-3-2-4-11(13(9)15)12(18)7-10-5-6-14(16,17)8-10/h2-4,10H,5-8H2,1H3. The van der Waals surface area contributed by atoms with Crippen LogP contribution in [0, 0.1) is 12.8 Å². The molecule has 18 heavy (non-hydrogen) atoms. The summed E-state index contributed by atoms with van der Waals surface area (Å²) in [5, 5.41) is 0. The molecule has 0 heterocycles. The molecule has 1 aliphatic carbocycles. The van der Waals surface area contributed by atoms with E-state index in [1.165, 1.54) is 0 Å².